The van der Waals surface area contributed by atoms with E-state index in [0.717, 1.165) is 42.6 Å². The van der Waals surface area contributed by atoms with Crippen LogP contribution in [0.25, 0.3) is 0 Å². The van der Waals surface area contributed by atoms with Gasteiger partial charge < -0.3 is 41.5 Å². The number of hydrogen-bond acceptors (Lipinski definition) is 15. The summed E-state index contributed by atoms with van der Waals surface area (Å²) in [6, 6.07) is 3.93. The topological polar surface area (TPSA) is 291 Å². The van der Waals surface area contributed by atoms with Crippen LogP contribution in [-0.4, -0.2) is 106 Å². The first kappa shape index (κ1) is 38.8. The van der Waals surface area contributed by atoms with Gasteiger partial charge in [0.2, 0.25) is 0 Å². The standard InChI is InChI=1S/C31H42N8O11S2/c1-29(2)23(26(41)39(29)50-52(44,45)46)37-25(40)22(19-14-51-28(33)36-19)38-49-30(3,27(42)43)21-8-6-16-13-17(5-7-20(16)48-21)24(32)35-18-9-11-31(34,12-10-18)15-47-4/h5,7,13-14,18,21,23H,6,8-12,15,34H2,1-4H3,(H2,32,35)(H2,33,36)(H,37,40)(H,42,43)(H,44,45,46)/b38-22-/t18-,21-,23-,30+,31+/m1/s1. The molecule has 1 saturated heterocycles. The van der Waals surface area contributed by atoms with Gasteiger partial charge in [0.25, 0.3) is 17.4 Å². The maximum absolute atomic E-state index is 13.5. The largest absolute Gasteiger partial charge is 0.485 e. The van der Waals surface area contributed by atoms with Crippen molar-refractivity contribution in [2.45, 2.75) is 94.2 Å². The third-order valence-electron chi connectivity index (χ3n) is 9.52. The zero-order valence-corrected chi connectivity index (χ0v) is 30.5. The van der Waals surface area contributed by atoms with Gasteiger partial charge in [0.1, 0.15) is 23.3 Å². The molecule has 52 heavy (non-hydrogen) atoms. The molecule has 0 bridgehead atoms. The molecule has 3 aliphatic rings. The highest BCUT2D eigenvalue weighted by Crippen LogP contribution is 2.36. The van der Waals surface area contributed by atoms with Crippen molar-refractivity contribution in [2.75, 3.05) is 19.5 Å². The number of hydroxylamine groups is 2. The number of carboxylic acid groups (broad SMARTS) is 1. The summed E-state index contributed by atoms with van der Waals surface area (Å²) >= 11 is 0.960. The molecule has 284 valence electrons. The molecule has 21 heteroatoms. The summed E-state index contributed by atoms with van der Waals surface area (Å²) in [5.74, 6) is -2.83. The number of carboxylic acids is 1. The fraction of sp³-hybridized carbons (Fsp3) is 0.548. The average Bonchev–Trinajstić information content (AvgIpc) is 3.51. The summed E-state index contributed by atoms with van der Waals surface area (Å²) < 4.78 is 47.1. The number of hydrogen-bond donors (Lipinski definition) is 7. The number of benzene rings is 1. The molecule has 1 aromatic carbocycles. The van der Waals surface area contributed by atoms with E-state index in [1.165, 1.54) is 26.2 Å². The molecule has 2 aliphatic heterocycles. The van der Waals surface area contributed by atoms with Crippen LogP contribution in [0.5, 0.6) is 5.75 Å². The Kier molecular flexibility index (Phi) is 10.9. The first-order valence-corrected chi connectivity index (χ1v) is 18.5. The minimum Gasteiger partial charge on any atom is -0.485 e. The van der Waals surface area contributed by atoms with Crippen LogP contribution in [0, 0.1) is 5.41 Å². The number of fused-ring (bicyclic) bond motifs is 1. The number of carbonyl (C=O) groups excluding carboxylic acids is 2. The van der Waals surface area contributed by atoms with E-state index in [1.54, 1.807) is 19.2 Å². The Balaban J connectivity index is 1.29. The number of β-lactam (4-membered cyclic amide) rings is 1. The molecule has 1 aromatic heterocycles. The predicted molar refractivity (Wildman–Crippen MR) is 186 cm³/mol. The summed E-state index contributed by atoms with van der Waals surface area (Å²) in [5, 5.41) is 30.4. The minimum absolute atomic E-state index is 0.0533. The number of carbonyl (C=O) groups is 3. The lowest BCUT2D eigenvalue weighted by Crippen LogP contribution is -2.76. The van der Waals surface area contributed by atoms with Gasteiger partial charge in [0, 0.05) is 29.6 Å². The molecule has 0 spiro atoms. The van der Waals surface area contributed by atoms with Gasteiger partial charge in [-0.25, -0.2) is 9.78 Å². The third-order valence-corrected chi connectivity index (χ3v) is 10.5. The molecule has 3 heterocycles. The number of oxime groups is 1. The lowest BCUT2D eigenvalue weighted by Gasteiger charge is -2.50. The summed E-state index contributed by atoms with van der Waals surface area (Å²) in [5.41, 5.74) is 9.02. The Morgan fingerprint density at radius 3 is 2.52 bits per heavy atom. The van der Waals surface area contributed by atoms with Gasteiger partial charge in [-0.3, -0.25) is 19.6 Å². The zero-order valence-electron chi connectivity index (χ0n) is 28.9. The SMILES string of the molecule is COC[C@]1(N)CC[C@@H](NC(=N)c2ccc3c(c2)CC[C@H]([C@](C)(O/N=C(\C(=O)N[C@@H]2C(=O)N(OS(=O)(=O)O)C2(C)C)c2csc(N)n2)C(=O)O)O3)CC1. The van der Waals surface area contributed by atoms with Crippen molar-refractivity contribution in [2.24, 2.45) is 10.9 Å². The highest BCUT2D eigenvalue weighted by atomic mass is 32.3. The molecule has 0 unspecified atom stereocenters. The van der Waals surface area contributed by atoms with Crippen LogP contribution in [0.3, 0.4) is 0 Å². The molecule has 1 aliphatic carbocycles. The van der Waals surface area contributed by atoms with Crippen molar-refractivity contribution < 1.29 is 51.1 Å². The highest BCUT2D eigenvalue weighted by Gasteiger charge is 2.58. The highest BCUT2D eigenvalue weighted by molar-refractivity contribution is 7.80. The van der Waals surface area contributed by atoms with E-state index in [1.807, 2.05) is 6.07 Å². The average molecular weight is 767 g/mol. The Morgan fingerprint density at radius 2 is 1.94 bits per heavy atom. The maximum atomic E-state index is 13.5. The van der Waals surface area contributed by atoms with Crippen molar-refractivity contribution in [3.05, 3.63) is 40.4 Å². The molecule has 19 nitrogen and oxygen atoms in total. The van der Waals surface area contributed by atoms with Crippen LogP contribution in [-0.2, 0) is 45.1 Å². The van der Waals surface area contributed by atoms with E-state index >= 15 is 0 Å². The van der Waals surface area contributed by atoms with Gasteiger partial charge in [0.15, 0.2) is 16.9 Å². The number of methoxy groups -OCH3 is 1. The van der Waals surface area contributed by atoms with E-state index in [2.05, 4.69) is 25.1 Å². The number of thiazole rings is 1. The van der Waals surface area contributed by atoms with Gasteiger partial charge in [-0.1, -0.05) is 5.16 Å². The number of nitrogens with zero attached hydrogens (tertiary/aromatic N) is 3. The second-order valence-electron chi connectivity index (χ2n) is 13.8. The minimum atomic E-state index is -5.04. The number of nitrogens with two attached hydrogens (primary N) is 2. The van der Waals surface area contributed by atoms with Crippen molar-refractivity contribution in [3.8, 4) is 5.75 Å². The molecule has 2 aromatic rings. The molecular formula is C31H42N8O11S2. The van der Waals surface area contributed by atoms with E-state index in [9.17, 15) is 27.9 Å². The number of ether oxygens (including phenoxy) is 2. The van der Waals surface area contributed by atoms with Gasteiger partial charge in [-0.15, -0.1) is 15.6 Å². The third kappa shape index (κ3) is 8.13. The number of rotatable bonds is 13. The molecule has 1 saturated carbocycles. The predicted octanol–water partition coefficient (Wildman–Crippen LogP) is 0.725. The quantitative estimate of drug-likeness (QED) is 0.0486. The second-order valence-corrected chi connectivity index (χ2v) is 15.7. The number of anilines is 1. The van der Waals surface area contributed by atoms with Crippen molar-refractivity contribution >= 4 is 56.2 Å². The Labute approximate surface area is 303 Å². The first-order chi connectivity index (χ1) is 24.3. The summed E-state index contributed by atoms with van der Waals surface area (Å²) in [6.45, 7) is 4.46. The number of nitrogens with one attached hydrogen (secondary N) is 3. The van der Waals surface area contributed by atoms with Gasteiger partial charge >= 0.3 is 16.4 Å². The van der Waals surface area contributed by atoms with E-state index in [0.29, 0.717) is 29.4 Å². The van der Waals surface area contributed by atoms with E-state index in [4.69, 9.17) is 35.7 Å². The van der Waals surface area contributed by atoms with Crippen LogP contribution >= 0.6 is 11.3 Å². The molecular weight excluding hydrogens is 725 g/mol. The number of aromatic nitrogens is 1. The van der Waals surface area contributed by atoms with E-state index in [-0.39, 0.29) is 34.7 Å². The Hall–Kier alpha value is -4.41. The number of amidine groups is 1. The summed E-state index contributed by atoms with van der Waals surface area (Å²) in [7, 11) is -3.40. The fourth-order valence-corrected chi connectivity index (χ4v) is 7.39. The monoisotopic (exact) mass is 766 g/mol. The normalized spacial score (nSPS) is 25.5. The van der Waals surface area contributed by atoms with Gasteiger partial charge in [-0.2, -0.15) is 13.5 Å². The first-order valence-electron chi connectivity index (χ1n) is 16.2. The van der Waals surface area contributed by atoms with Crippen LogP contribution < -0.4 is 26.8 Å². The smallest absolute Gasteiger partial charge is 0.418 e. The van der Waals surface area contributed by atoms with Crippen LogP contribution in [0.15, 0.2) is 28.7 Å². The molecule has 9 N–H and O–H groups in total. The van der Waals surface area contributed by atoms with Crippen molar-refractivity contribution in [1.82, 2.24) is 20.7 Å². The molecule has 0 radical (unpaired) electrons. The second kappa shape index (κ2) is 14.5. The summed E-state index contributed by atoms with van der Waals surface area (Å²) in [6.07, 6.45) is 2.62. The molecule has 5 rings (SSSR count). The van der Waals surface area contributed by atoms with Crippen LogP contribution in [0.1, 0.15) is 69.7 Å². The number of amides is 2. The summed E-state index contributed by atoms with van der Waals surface area (Å²) in [4.78, 5) is 48.5. The van der Waals surface area contributed by atoms with Crippen LogP contribution in [0.2, 0.25) is 0 Å². The lowest BCUT2D eigenvalue weighted by molar-refractivity contribution is -0.218. The zero-order chi connectivity index (χ0) is 38.2. The number of nitrogen functional groups attached to an aromatic ring is 1. The molecule has 2 fully saturated rings. The Bertz CT molecular complexity index is 1880. The Morgan fingerprint density at radius 1 is 1.25 bits per heavy atom. The number of aliphatic carboxylic acids is 1. The van der Waals surface area contributed by atoms with Crippen LogP contribution in [0.4, 0.5) is 5.13 Å². The van der Waals surface area contributed by atoms with E-state index < -0.39 is 57.2 Å². The van der Waals surface area contributed by atoms with Gasteiger partial charge in [-0.05, 0) is 83.1 Å². The molecule has 3 atom stereocenters. The lowest BCUT2D eigenvalue weighted by atomic mass is 9.80. The maximum Gasteiger partial charge on any atom is 0.418 e. The van der Waals surface area contributed by atoms with Crippen molar-refractivity contribution in [3.63, 3.8) is 0 Å². The fourth-order valence-electron chi connectivity index (χ4n) is 6.38. The molecule has 2 amide bonds. The van der Waals surface area contributed by atoms with Crippen molar-refractivity contribution in [1.29, 1.82) is 5.41 Å². The van der Waals surface area contributed by atoms with Gasteiger partial charge in [0.05, 0.1) is 12.1 Å². The number of aryl methyl sites for hydroxylation is 1.